The molecular formula is C20H22BrClN2O3. The van der Waals surface area contributed by atoms with Crippen molar-refractivity contribution in [2.45, 2.75) is 25.9 Å². The fourth-order valence-corrected chi connectivity index (χ4v) is 3.20. The molecule has 0 fully saturated rings. The van der Waals surface area contributed by atoms with Crippen LogP contribution >= 0.6 is 27.5 Å². The predicted octanol–water partition coefficient (Wildman–Crippen LogP) is 4.34. The summed E-state index contributed by atoms with van der Waals surface area (Å²) in [5, 5.41) is 3.43. The first-order chi connectivity index (χ1) is 12.8. The third-order valence-corrected chi connectivity index (χ3v) is 4.87. The molecule has 0 heterocycles. The minimum absolute atomic E-state index is 0.0984. The summed E-state index contributed by atoms with van der Waals surface area (Å²) in [6.45, 7) is 1.80. The second kappa shape index (κ2) is 9.76. The second-order valence-electron chi connectivity index (χ2n) is 6.21. The summed E-state index contributed by atoms with van der Waals surface area (Å²) in [6.07, 6.45) is 0.153. The van der Waals surface area contributed by atoms with E-state index in [9.17, 15) is 9.59 Å². The van der Waals surface area contributed by atoms with Crippen molar-refractivity contribution in [3.63, 3.8) is 0 Å². The molecule has 0 radical (unpaired) electrons. The molecule has 0 aliphatic carbocycles. The number of carbonyl (C=O) groups excluding carboxylic acids is 2. The van der Waals surface area contributed by atoms with Crippen molar-refractivity contribution in [2.24, 2.45) is 0 Å². The maximum Gasteiger partial charge on any atom is 0.225 e. The SMILES string of the molecule is COc1ccc(Cl)cc1CN(C)C(=O)CC(NC(C)=O)c1ccc(Br)cc1. The molecule has 5 nitrogen and oxygen atoms in total. The van der Waals surface area contributed by atoms with E-state index in [1.807, 2.05) is 24.3 Å². The Labute approximate surface area is 172 Å². The van der Waals surface area contributed by atoms with Crippen molar-refractivity contribution >= 4 is 39.3 Å². The van der Waals surface area contributed by atoms with Gasteiger partial charge in [-0.05, 0) is 35.9 Å². The van der Waals surface area contributed by atoms with Crippen molar-refractivity contribution in [1.82, 2.24) is 10.2 Å². The molecule has 0 bridgehead atoms. The summed E-state index contributed by atoms with van der Waals surface area (Å²) in [4.78, 5) is 25.9. The van der Waals surface area contributed by atoms with Gasteiger partial charge in [0.25, 0.3) is 0 Å². The number of benzene rings is 2. The third-order valence-electron chi connectivity index (χ3n) is 4.10. The van der Waals surface area contributed by atoms with E-state index in [0.29, 0.717) is 17.3 Å². The Morgan fingerprint density at radius 2 is 1.89 bits per heavy atom. The predicted molar refractivity (Wildman–Crippen MR) is 110 cm³/mol. The number of nitrogens with one attached hydrogen (secondary N) is 1. The van der Waals surface area contributed by atoms with E-state index < -0.39 is 6.04 Å². The van der Waals surface area contributed by atoms with Crippen molar-refractivity contribution in [2.75, 3.05) is 14.2 Å². The molecule has 0 aliphatic rings. The van der Waals surface area contributed by atoms with E-state index in [4.69, 9.17) is 16.3 Å². The van der Waals surface area contributed by atoms with Crippen LogP contribution in [0.4, 0.5) is 0 Å². The highest BCUT2D eigenvalue weighted by molar-refractivity contribution is 9.10. The van der Waals surface area contributed by atoms with Gasteiger partial charge in [0, 0.05) is 35.6 Å². The van der Waals surface area contributed by atoms with E-state index in [-0.39, 0.29) is 18.2 Å². The van der Waals surface area contributed by atoms with Gasteiger partial charge < -0.3 is 15.0 Å². The molecule has 2 amide bonds. The summed E-state index contributed by atoms with van der Waals surface area (Å²) in [7, 11) is 3.30. The molecule has 1 atom stereocenters. The van der Waals surface area contributed by atoms with E-state index >= 15 is 0 Å². The zero-order chi connectivity index (χ0) is 20.0. The monoisotopic (exact) mass is 452 g/mol. The molecule has 7 heteroatoms. The lowest BCUT2D eigenvalue weighted by atomic mass is 10.0. The standard InChI is InChI=1S/C20H22BrClN2O3/c1-13(25)23-18(14-4-6-16(21)7-5-14)11-20(26)24(2)12-15-10-17(22)8-9-19(15)27-3/h4-10,18H,11-12H2,1-3H3,(H,23,25). The fourth-order valence-electron chi connectivity index (χ4n) is 2.74. The minimum atomic E-state index is -0.396. The number of hydrogen-bond acceptors (Lipinski definition) is 3. The number of ether oxygens (including phenoxy) is 1. The van der Waals surface area contributed by atoms with Gasteiger partial charge in [0.1, 0.15) is 5.75 Å². The molecule has 0 saturated carbocycles. The number of nitrogens with zero attached hydrogens (tertiary/aromatic N) is 1. The first-order valence-corrected chi connectivity index (χ1v) is 9.56. The smallest absolute Gasteiger partial charge is 0.225 e. The van der Waals surface area contributed by atoms with Gasteiger partial charge in [-0.25, -0.2) is 0 Å². The van der Waals surface area contributed by atoms with Crippen LogP contribution in [0.1, 0.15) is 30.5 Å². The number of rotatable bonds is 7. The van der Waals surface area contributed by atoms with Crippen LogP contribution in [0, 0.1) is 0 Å². The lowest BCUT2D eigenvalue weighted by molar-refractivity contribution is -0.131. The van der Waals surface area contributed by atoms with E-state index in [0.717, 1.165) is 15.6 Å². The Bertz CT molecular complexity index is 811. The highest BCUT2D eigenvalue weighted by atomic mass is 79.9. The molecular weight excluding hydrogens is 432 g/mol. The summed E-state index contributed by atoms with van der Waals surface area (Å²) in [5.41, 5.74) is 1.69. The van der Waals surface area contributed by atoms with Gasteiger partial charge in [-0.3, -0.25) is 9.59 Å². The van der Waals surface area contributed by atoms with Crippen molar-refractivity contribution in [1.29, 1.82) is 0 Å². The lowest BCUT2D eigenvalue weighted by Crippen LogP contribution is -2.33. The molecule has 2 rings (SSSR count). The van der Waals surface area contributed by atoms with Gasteiger partial charge in [-0.15, -0.1) is 0 Å². The Balaban J connectivity index is 2.13. The van der Waals surface area contributed by atoms with Crippen molar-refractivity contribution in [3.05, 3.63) is 63.1 Å². The van der Waals surface area contributed by atoms with Gasteiger partial charge in [-0.2, -0.15) is 0 Å². The Morgan fingerprint density at radius 3 is 2.48 bits per heavy atom. The first-order valence-electron chi connectivity index (χ1n) is 8.39. The Morgan fingerprint density at radius 1 is 1.22 bits per heavy atom. The molecule has 144 valence electrons. The van der Waals surface area contributed by atoms with E-state index in [2.05, 4.69) is 21.2 Å². The van der Waals surface area contributed by atoms with Crippen molar-refractivity contribution in [3.8, 4) is 5.75 Å². The maximum atomic E-state index is 12.8. The average molecular weight is 454 g/mol. The molecule has 2 aromatic rings. The quantitative estimate of drug-likeness (QED) is 0.678. The van der Waals surface area contributed by atoms with Crippen LogP contribution in [0.5, 0.6) is 5.75 Å². The van der Waals surface area contributed by atoms with E-state index in [1.54, 1.807) is 37.3 Å². The number of halogens is 2. The topological polar surface area (TPSA) is 58.6 Å². The largest absolute Gasteiger partial charge is 0.496 e. The van der Waals surface area contributed by atoms with Crippen LogP contribution in [-0.4, -0.2) is 30.9 Å². The molecule has 1 unspecified atom stereocenters. The van der Waals surface area contributed by atoms with Crippen LogP contribution in [0.25, 0.3) is 0 Å². The van der Waals surface area contributed by atoms with Crippen LogP contribution in [0.3, 0.4) is 0 Å². The summed E-state index contributed by atoms with van der Waals surface area (Å²) >= 11 is 9.45. The van der Waals surface area contributed by atoms with Gasteiger partial charge in [0.05, 0.1) is 19.6 Å². The highest BCUT2D eigenvalue weighted by Crippen LogP contribution is 2.25. The molecule has 27 heavy (non-hydrogen) atoms. The molecule has 0 aliphatic heterocycles. The zero-order valence-electron chi connectivity index (χ0n) is 15.5. The van der Waals surface area contributed by atoms with Crippen LogP contribution < -0.4 is 10.1 Å². The van der Waals surface area contributed by atoms with Crippen LogP contribution in [-0.2, 0) is 16.1 Å². The number of carbonyl (C=O) groups is 2. The summed E-state index contributed by atoms with van der Waals surface area (Å²) in [6, 6.07) is 12.4. The Hall–Kier alpha value is -2.05. The Kier molecular flexibility index (Phi) is 7.68. The highest BCUT2D eigenvalue weighted by Gasteiger charge is 2.20. The van der Waals surface area contributed by atoms with Crippen molar-refractivity contribution < 1.29 is 14.3 Å². The maximum absolute atomic E-state index is 12.8. The molecule has 2 aromatic carbocycles. The molecule has 0 saturated heterocycles. The van der Waals surface area contributed by atoms with Gasteiger partial charge >= 0.3 is 0 Å². The number of hydrogen-bond donors (Lipinski definition) is 1. The van der Waals surface area contributed by atoms with Crippen LogP contribution in [0.2, 0.25) is 5.02 Å². The summed E-state index contributed by atoms with van der Waals surface area (Å²) < 4.78 is 6.27. The van der Waals surface area contributed by atoms with Gasteiger partial charge in [-0.1, -0.05) is 39.7 Å². The fraction of sp³-hybridized carbons (Fsp3) is 0.300. The first kappa shape index (κ1) is 21.3. The lowest BCUT2D eigenvalue weighted by Gasteiger charge is -2.23. The summed E-state index contributed by atoms with van der Waals surface area (Å²) in [5.74, 6) is 0.388. The molecule has 0 aromatic heterocycles. The van der Waals surface area contributed by atoms with E-state index in [1.165, 1.54) is 6.92 Å². The molecule has 1 N–H and O–H groups in total. The zero-order valence-corrected chi connectivity index (χ0v) is 17.8. The van der Waals surface area contributed by atoms with Gasteiger partial charge in [0.15, 0.2) is 0 Å². The third kappa shape index (κ3) is 6.26. The molecule has 0 spiro atoms. The minimum Gasteiger partial charge on any atom is -0.496 e. The van der Waals surface area contributed by atoms with Gasteiger partial charge in [0.2, 0.25) is 11.8 Å². The second-order valence-corrected chi connectivity index (χ2v) is 7.57. The number of amides is 2. The normalized spacial score (nSPS) is 11.6. The van der Waals surface area contributed by atoms with Crippen LogP contribution in [0.15, 0.2) is 46.9 Å². The average Bonchev–Trinajstić information content (AvgIpc) is 2.61. The number of methoxy groups -OCH3 is 1.